The van der Waals surface area contributed by atoms with Gasteiger partial charge in [0.2, 0.25) is 0 Å². The molecule has 1 rings (SSSR count). The quantitative estimate of drug-likeness (QED) is 0.521. The van der Waals surface area contributed by atoms with Gasteiger partial charge in [-0.3, -0.25) is 0 Å². The summed E-state index contributed by atoms with van der Waals surface area (Å²) in [5.74, 6) is 0. The summed E-state index contributed by atoms with van der Waals surface area (Å²) in [6, 6.07) is 2.41. The molecule has 1 saturated heterocycles. The standard InChI is InChI=1S/C8H18N2/c1-5-6(2)10-8(4)7(3)9-5/h5-10H,1-4H3/t5-,6-,7-,8+/m1/s1. The molecule has 0 radical (unpaired) electrons. The van der Waals surface area contributed by atoms with Crippen molar-refractivity contribution in [1.82, 2.24) is 10.6 Å². The van der Waals surface area contributed by atoms with E-state index in [1.54, 1.807) is 0 Å². The minimum Gasteiger partial charge on any atom is -0.309 e. The van der Waals surface area contributed by atoms with E-state index in [9.17, 15) is 0 Å². The summed E-state index contributed by atoms with van der Waals surface area (Å²) in [5.41, 5.74) is 0. The number of piperazine rings is 1. The van der Waals surface area contributed by atoms with E-state index in [1.165, 1.54) is 0 Å². The molecule has 0 amide bonds. The smallest absolute Gasteiger partial charge is 0.0193 e. The van der Waals surface area contributed by atoms with E-state index >= 15 is 0 Å². The normalized spacial score (nSPS) is 49.2. The summed E-state index contributed by atoms with van der Waals surface area (Å²) in [6.45, 7) is 8.89. The molecule has 0 aromatic heterocycles. The van der Waals surface area contributed by atoms with Gasteiger partial charge in [0.1, 0.15) is 0 Å². The Kier molecular flexibility index (Phi) is 2.32. The average Bonchev–Trinajstić information content (AvgIpc) is 1.84. The van der Waals surface area contributed by atoms with Crippen LogP contribution in [0.3, 0.4) is 0 Å². The van der Waals surface area contributed by atoms with Gasteiger partial charge < -0.3 is 10.6 Å². The Morgan fingerprint density at radius 3 is 1.00 bits per heavy atom. The maximum absolute atomic E-state index is 3.52. The first-order valence-corrected chi connectivity index (χ1v) is 4.13. The van der Waals surface area contributed by atoms with Gasteiger partial charge in [0.25, 0.3) is 0 Å². The minimum absolute atomic E-state index is 0.603. The molecule has 0 bridgehead atoms. The van der Waals surface area contributed by atoms with Gasteiger partial charge in [-0.15, -0.1) is 0 Å². The van der Waals surface area contributed by atoms with Crippen LogP contribution in [0.25, 0.3) is 0 Å². The Hall–Kier alpha value is -0.0800. The predicted molar refractivity (Wildman–Crippen MR) is 44.1 cm³/mol. The van der Waals surface area contributed by atoms with Crippen LogP contribution in [-0.4, -0.2) is 24.2 Å². The second-order valence-corrected chi connectivity index (χ2v) is 3.49. The molecule has 0 unspecified atom stereocenters. The summed E-state index contributed by atoms with van der Waals surface area (Å²) in [5, 5.41) is 7.03. The summed E-state index contributed by atoms with van der Waals surface area (Å²) in [6.07, 6.45) is 0. The van der Waals surface area contributed by atoms with Crippen molar-refractivity contribution >= 4 is 0 Å². The summed E-state index contributed by atoms with van der Waals surface area (Å²) < 4.78 is 0. The molecule has 0 aromatic carbocycles. The van der Waals surface area contributed by atoms with Crippen LogP contribution >= 0.6 is 0 Å². The molecule has 2 heteroatoms. The predicted octanol–water partition coefficient (Wildman–Crippen LogP) is 0.733. The lowest BCUT2D eigenvalue weighted by Gasteiger charge is -2.38. The van der Waals surface area contributed by atoms with E-state index in [0.29, 0.717) is 24.2 Å². The molecular weight excluding hydrogens is 124 g/mol. The van der Waals surface area contributed by atoms with Gasteiger partial charge in [0.05, 0.1) is 0 Å². The average molecular weight is 142 g/mol. The first-order valence-electron chi connectivity index (χ1n) is 4.13. The van der Waals surface area contributed by atoms with Gasteiger partial charge >= 0.3 is 0 Å². The molecule has 1 aliphatic rings. The molecular formula is C8H18N2. The van der Waals surface area contributed by atoms with Crippen molar-refractivity contribution in [1.29, 1.82) is 0 Å². The van der Waals surface area contributed by atoms with E-state index in [2.05, 4.69) is 38.3 Å². The van der Waals surface area contributed by atoms with Crippen LogP contribution in [0.5, 0.6) is 0 Å². The lowest BCUT2D eigenvalue weighted by Crippen LogP contribution is -2.62. The lowest BCUT2D eigenvalue weighted by molar-refractivity contribution is 0.250. The van der Waals surface area contributed by atoms with Crippen LogP contribution in [0.15, 0.2) is 0 Å². The van der Waals surface area contributed by atoms with Crippen LogP contribution in [0.1, 0.15) is 27.7 Å². The summed E-state index contributed by atoms with van der Waals surface area (Å²) in [7, 11) is 0. The molecule has 0 spiro atoms. The largest absolute Gasteiger partial charge is 0.309 e. The number of hydrogen-bond donors (Lipinski definition) is 2. The minimum atomic E-state index is 0.603. The van der Waals surface area contributed by atoms with Crippen molar-refractivity contribution in [3.05, 3.63) is 0 Å². The van der Waals surface area contributed by atoms with E-state index in [0.717, 1.165) is 0 Å². The van der Waals surface area contributed by atoms with Crippen LogP contribution in [0.2, 0.25) is 0 Å². The molecule has 1 fully saturated rings. The summed E-state index contributed by atoms with van der Waals surface area (Å²) >= 11 is 0. The topological polar surface area (TPSA) is 24.1 Å². The zero-order valence-corrected chi connectivity index (χ0v) is 7.31. The van der Waals surface area contributed by atoms with Gasteiger partial charge in [-0.05, 0) is 27.7 Å². The van der Waals surface area contributed by atoms with E-state index in [4.69, 9.17) is 0 Å². The first kappa shape index (κ1) is 8.02. The highest BCUT2D eigenvalue weighted by molar-refractivity contribution is 4.89. The molecule has 2 nitrogen and oxygen atoms in total. The van der Waals surface area contributed by atoms with Crippen LogP contribution < -0.4 is 10.6 Å². The van der Waals surface area contributed by atoms with Crippen LogP contribution in [-0.2, 0) is 0 Å². The highest BCUT2D eigenvalue weighted by atomic mass is 15.1. The lowest BCUT2D eigenvalue weighted by atomic mass is 10.0. The van der Waals surface area contributed by atoms with Crippen molar-refractivity contribution in [2.24, 2.45) is 0 Å². The van der Waals surface area contributed by atoms with Crippen molar-refractivity contribution in [3.8, 4) is 0 Å². The molecule has 1 heterocycles. The molecule has 0 aliphatic carbocycles. The summed E-state index contributed by atoms with van der Waals surface area (Å²) in [4.78, 5) is 0. The Labute approximate surface area is 63.4 Å². The highest BCUT2D eigenvalue weighted by Gasteiger charge is 2.25. The molecule has 0 saturated carbocycles. The van der Waals surface area contributed by atoms with Crippen molar-refractivity contribution in [2.45, 2.75) is 51.9 Å². The highest BCUT2D eigenvalue weighted by Crippen LogP contribution is 2.05. The monoisotopic (exact) mass is 142 g/mol. The molecule has 10 heavy (non-hydrogen) atoms. The maximum atomic E-state index is 3.52. The van der Waals surface area contributed by atoms with E-state index < -0.39 is 0 Å². The van der Waals surface area contributed by atoms with Gasteiger partial charge in [-0.1, -0.05) is 0 Å². The fourth-order valence-corrected chi connectivity index (χ4v) is 1.41. The molecule has 60 valence electrons. The van der Waals surface area contributed by atoms with E-state index in [1.807, 2.05) is 0 Å². The maximum Gasteiger partial charge on any atom is 0.0193 e. The Morgan fingerprint density at radius 2 is 0.800 bits per heavy atom. The number of hydrogen-bond acceptors (Lipinski definition) is 2. The van der Waals surface area contributed by atoms with Gasteiger partial charge in [0.15, 0.2) is 0 Å². The number of rotatable bonds is 0. The Morgan fingerprint density at radius 1 is 0.600 bits per heavy atom. The zero-order valence-electron chi connectivity index (χ0n) is 7.31. The third kappa shape index (κ3) is 1.50. The Balaban J connectivity index is 2.46. The van der Waals surface area contributed by atoms with Crippen molar-refractivity contribution in [2.75, 3.05) is 0 Å². The third-order valence-electron chi connectivity index (χ3n) is 2.55. The Bertz CT molecular complexity index is 87.8. The third-order valence-corrected chi connectivity index (χ3v) is 2.55. The van der Waals surface area contributed by atoms with Crippen LogP contribution in [0.4, 0.5) is 0 Å². The van der Waals surface area contributed by atoms with E-state index in [-0.39, 0.29) is 0 Å². The zero-order chi connectivity index (χ0) is 7.72. The number of nitrogens with one attached hydrogen (secondary N) is 2. The first-order chi connectivity index (χ1) is 4.61. The molecule has 1 aliphatic heterocycles. The van der Waals surface area contributed by atoms with Crippen molar-refractivity contribution in [3.63, 3.8) is 0 Å². The second kappa shape index (κ2) is 2.89. The fraction of sp³-hybridized carbons (Fsp3) is 1.00. The molecule has 0 aromatic rings. The van der Waals surface area contributed by atoms with Gasteiger partial charge in [0, 0.05) is 24.2 Å². The SMILES string of the molecule is C[C@@H]1N[C@H](C)[C@@H](C)N[C@@H]1C. The van der Waals surface area contributed by atoms with Gasteiger partial charge in [-0.2, -0.15) is 0 Å². The van der Waals surface area contributed by atoms with Crippen LogP contribution in [0, 0.1) is 0 Å². The van der Waals surface area contributed by atoms with Gasteiger partial charge in [-0.25, -0.2) is 0 Å². The molecule has 4 atom stereocenters. The van der Waals surface area contributed by atoms with Crippen molar-refractivity contribution < 1.29 is 0 Å². The second-order valence-electron chi connectivity index (χ2n) is 3.49. The molecule has 2 N–H and O–H groups in total. The fourth-order valence-electron chi connectivity index (χ4n) is 1.41.